The predicted octanol–water partition coefficient (Wildman–Crippen LogP) is 0.262. The number of hydrogen-bond donors (Lipinski definition) is 3. The number of ether oxygens (including phenoxy) is 1. The Bertz CT molecular complexity index is 236. The summed E-state index contributed by atoms with van der Waals surface area (Å²) >= 11 is 0. The summed E-state index contributed by atoms with van der Waals surface area (Å²) in [4.78, 5) is 11.3. The number of rotatable bonds is 7. The first-order valence-corrected chi connectivity index (χ1v) is 5.97. The zero-order valence-electron chi connectivity index (χ0n) is 11.5. The smallest absolute Gasteiger partial charge is 0.235 e. The number of carbonyl (C=O) groups is 1. The maximum absolute atomic E-state index is 11.3. The van der Waals surface area contributed by atoms with Crippen molar-refractivity contribution in [1.82, 2.24) is 5.32 Å². The lowest BCUT2D eigenvalue weighted by Gasteiger charge is -2.29. The van der Waals surface area contributed by atoms with Crippen LogP contribution in [0.3, 0.4) is 0 Å². The maximum atomic E-state index is 11.3. The fourth-order valence-corrected chi connectivity index (χ4v) is 1.45. The molecule has 0 rings (SSSR count). The summed E-state index contributed by atoms with van der Waals surface area (Å²) in [6.45, 7) is 10.1. The molecule has 0 aliphatic carbocycles. The first-order valence-electron chi connectivity index (χ1n) is 5.97. The normalized spacial score (nSPS) is 15.9. The Morgan fingerprint density at radius 2 is 1.94 bits per heavy atom. The van der Waals surface area contributed by atoms with Crippen molar-refractivity contribution in [2.75, 3.05) is 13.2 Å². The van der Waals surface area contributed by atoms with E-state index in [1.54, 1.807) is 0 Å². The largest absolute Gasteiger partial charge is 0.389 e. The summed E-state index contributed by atoms with van der Waals surface area (Å²) in [5, 5.41) is 12.6. The first kappa shape index (κ1) is 16.4. The van der Waals surface area contributed by atoms with Crippen LogP contribution in [0.25, 0.3) is 0 Å². The summed E-state index contributed by atoms with van der Waals surface area (Å²) in [6.07, 6.45) is -0.555. The summed E-state index contributed by atoms with van der Waals surface area (Å²) in [7, 11) is 0. The topological polar surface area (TPSA) is 84.6 Å². The van der Waals surface area contributed by atoms with Gasteiger partial charge in [0.05, 0.1) is 24.9 Å². The molecule has 0 heterocycles. The lowest BCUT2D eigenvalue weighted by Crippen LogP contribution is -2.52. The number of primary amides is 1. The van der Waals surface area contributed by atoms with Crippen molar-refractivity contribution in [2.24, 2.45) is 11.1 Å². The van der Waals surface area contributed by atoms with Gasteiger partial charge >= 0.3 is 0 Å². The SMILES string of the molecule is CC(C)OCC(O)CN[C@H](C(N)=O)C(C)(C)C. The molecule has 1 unspecified atom stereocenters. The molecule has 17 heavy (non-hydrogen) atoms. The number of aliphatic hydroxyl groups is 1. The molecule has 0 aliphatic rings. The van der Waals surface area contributed by atoms with Gasteiger partial charge in [-0.15, -0.1) is 0 Å². The number of amides is 1. The van der Waals surface area contributed by atoms with E-state index < -0.39 is 18.1 Å². The molecule has 0 aliphatic heterocycles. The van der Waals surface area contributed by atoms with Crippen LogP contribution in [-0.4, -0.2) is 42.4 Å². The van der Waals surface area contributed by atoms with Crippen LogP contribution in [0.1, 0.15) is 34.6 Å². The highest BCUT2D eigenvalue weighted by atomic mass is 16.5. The first-order chi connectivity index (χ1) is 7.64. The minimum absolute atomic E-state index is 0.0826. The van der Waals surface area contributed by atoms with Crippen molar-refractivity contribution in [1.29, 1.82) is 0 Å². The highest BCUT2D eigenvalue weighted by Crippen LogP contribution is 2.18. The lowest BCUT2D eigenvalue weighted by atomic mass is 9.86. The van der Waals surface area contributed by atoms with Crippen LogP contribution < -0.4 is 11.1 Å². The van der Waals surface area contributed by atoms with Gasteiger partial charge in [-0.25, -0.2) is 0 Å². The highest BCUT2D eigenvalue weighted by molar-refractivity contribution is 5.80. The molecule has 5 heteroatoms. The Hall–Kier alpha value is -0.650. The van der Waals surface area contributed by atoms with E-state index in [2.05, 4.69) is 5.32 Å². The van der Waals surface area contributed by atoms with E-state index in [1.807, 2.05) is 34.6 Å². The third kappa shape index (κ3) is 7.31. The van der Waals surface area contributed by atoms with Gasteiger partial charge in [0.2, 0.25) is 5.91 Å². The minimum Gasteiger partial charge on any atom is -0.389 e. The van der Waals surface area contributed by atoms with Crippen molar-refractivity contribution in [3.8, 4) is 0 Å². The average molecular weight is 246 g/mol. The van der Waals surface area contributed by atoms with Crippen molar-refractivity contribution in [3.63, 3.8) is 0 Å². The quantitative estimate of drug-likeness (QED) is 0.601. The molecule has 5 nitrogen and oxygen atoms in total. The van der Waals surface area contributed by atoms with E-state index in [9.17, 15) is 9.90 Å². The van der Waals surface area contributed by atoms with Crippen LogP contribution in [0.2, 0.25) is 0 Å². The molecule has 0 saturated heterocycles. The van der Waals surface area contributed by atoms with E-state index in [1.165, 1.54) is 0 Å². The zero-order chi connectivity index (χ0) is 13.6. The number of nitrogens with two attached hydrogens (primary N) is 1. The second-order valence-electron chi connectivity index (χ2n) is 5.65. The highest BCUT2D eigenvalue weighted by Gasteiger charge is 2.29. The van der Waals surface area contributed by atoms with Gasteiger partial charge in [-0.1, -0.05) is 20.8 Å². The van der Waals surface area contributed by atoms with Gasteiger partial charge in [-0.2, -0.15) is 0 Å². The predicted molar refractivity (Wildman–Crippen MR) is 67.5 cm³/mol. The van der Waals surface area contributed by atoms with Crippen LogP contribution in [0.5, 0.6) is 0 Å². The number of hydrogen-bond acceptors (Lipinski definition) is 4. The zero-order valence-corrected chi connectivity index (χ0v) is 11.5. The standard InChI is InChI=1S/C12H26N2O3/c1-8(2)17-7-9(15)6-14-10(11(13)16)12(3,4)5/h8-10,14-15H,6-7H2,1-5H3,(H2,13,16)/t9?,10-/m1/s1. The van der Waals surface area contributed by atoms with E-state index in [4.69, 9.17) is 10.5 Å². The number of nitrogens with one attached hydrogen (secondary N) is 1. The fraction of sp³-hybridized carbons (Fsp3) is 0.917. The Kier molecular flexibility index (Phi) is 6.67. The number of aliphatic hydroxyl groups excluding tert-OH is 1. The molecular weight excluding hydrogens is 220 g/mol. The Morgan fingerprint density at radius 3 is 2.29 bits per heavy atom. The molecule has 0 aromatic heterocycles. The molecule has 4 N–H and O–H groups in total. The van der Waals surface area contributed by atoms with Gasteiger partial charge in [0, 0.05) is 6.54 Å². The summed E-state index contributed by atoms with van der Waals surface area (Å²) < 4.78 is 5.28. The molecule has 1 amide bonds. The van der Waals surface area contributed by atoms with Gasteiger partial charge in [0.25, 0.3) is 0 Å². The second kappa shape index (κ2) is 6.93. The number of carbonyl (C=O) groups excluding carboxylic acids is 1. The molecule has 0 fully saturated rings. The summed E-state index contributed by atoms with van der Waals surface area (Å²) in [5.41, 5.74) is 5.04. The molecule has 0 saturated carbocycles. The Morgan fingerprint density at radius 1 is 1.41 bits per heavy atom. The van der Waals surface area contributed by atoms with Crippen LogP contribution in [0.15, 0.2) is 0 Å². The summed E-state index contributed by atoms with van der Waals surface area (Å²) in [5.74, 6) is -0.408. The Labute approximate surface area is 104 Å². The van der Waals surface area contributed by atoms with Crippen molar-refractivity contribution in [2.45, 2.75) is 52.9 Å². The average Bonchev–Trinajstić information content (AvgIpc) is 2.12. The van der Waals surface area contributed by atoms with Gasteiger partial charge in [0.15, 0.2) is 0 Å². The van der Waals surface area contributed by atoms with Gasteiger partial charge in [-0.3, -0.25) is 4.79 Å². The summed E-state index contributed by atoms with van der Waals surface area (Å²) in [6, 6.07) is -0.462. The van der Waals surface area contributed by atoms with Gasteiger partial charge in [0.1, 0.15) is 0 Å². The van der Waals surface area contributed by atoms with E-state index >= 15 is 0 Å². The maximum Gasteiger partial charge on any atom is 0.235 e. The molecule has 0 spiro atoms. The molecule has 102 valence electrons. The minimum atomic E-state index is -0.637. The molecule has 0 bridgehead atoms. The van der Waals surface area contributed by atoms with Gasteiger partial charge in [-0.05, 0) is 19.3 Å². The van der Waals surface area contributed by atoms with E-state index in [0.29, 0.717) is 0 Å². The molecule has 2 atom stereocenters. The van der Waals surface area contributed by atoms with Crippen LogP contribution >= 0.6 is 0 Å². The van der Waals surface area contributed by atoms with Crippen LogP contribution in [0, 0.1) is 5.41 Å². The van der Waals surface area contributed by atoms with Crippen LogP contribution in [0.4, 0.5) is 0 Å². The van der Waals surface area contributed by atoms with E-state index in [0.717, 1.165) is 0 Å². The Balaban J connectivity index is 4.10. The van der Waals surface area contributed by atoms with Crippen molar-refractivity contribution < 1.29 is 14.6 Å². The second-order valence-corrected chi connectivity index (χ2v) is 5.65. The molecule has 0 aromatic rings. The van der Waals surface area contributed by atoms with Crippen molar-refractivity contribution in [3.05, 3.63) is 0 Å². The van der Waals surface area contributed by atoms with Crippen LogP contribution in [-0.2, 0) is 9.53 Å². The van der Waals surface area contributed by atoms with Crippen molar-refractivity contribution >= 4 is 5.91 Å². The third-order valence-corrected chi connectivity index (χ3v) is 2.33. The molecule has 0 aromatic carbocycles. The van der Waals surface area contributed by atoms with Gasteiger partial charge < -0.3 is 20.9 Å². The van der Waals surface area contributed by atoms with E-state index in [-0.39, 0.29) is 24.7 Å². The lowest BCUT2D eigenvalue weighted by molar-refractivity contribution is -0.122. The monoisotopic (exact) mass is 246 g/mol. The third-order valence-electron chi connectivity index (χ3n) is 2.33. The molecule has 0 radical (unpaired) electrons. The molecular formula is C12H26N2O3. The fourth-order valence-electron chi connectivity index (χ4n) is 1.45.